The number of rotatable bonds is 4. The van der Waals surface area contributed by atoms with E-state index in [1.807, 2.05) is 68.4 Å². The number of nitrogens with one attached hydrogen (secondary N) is 1. The summed E-state index contributed by atoms with van der Waals surface area (Å²) in [5.74, 6) is 0.208. The molecule has 5 rings (SSSR count). The zero-order valence-corrected chi connectivity index (χ0v) is 17.7. The van der Waals surface area contributed by atoms with E-state index in [0.29, 0.717) is 22.7 Å². The van der Waals surface area contributed by atoms with Crippen molar-refractivity contribution in [1.82, 2.24) is 18.9 Å². The Morgan fingerprint density at radius 1 is 0.906 bits per heavy atom. The summed E-state index contributed by atoms with van der Waals surface area (Å²) < 4.78 is 3.31. The summed E-state index contributed by atoms with van der Waals surface area (Å²) in [5, 5.41) is 3.02. The second-order valence-electron chi connectivity index (χ2n) is 7.72. The molecule has 7 nitrogen and oxygen atoms in total. The van der Waals surface area contributed by atoms with Gasteiger partial charge in [-0.1, -0.05) is 36.4 Å². The molecule has 1 N–H and O–H groups in total. The Bertz CT molecular complexity index is 1510. The summed E-state index contributed by atoms with van der Waals surface area (Å²) in [6, 6.07) is 20.3. The van der Waals surface area contributed by atoms with Gasteiger partial charge in [-0.2, -0.15) is 0 Å². The third kappa shape index (κ3) is 3.33. The smallest absolute Gasteiger partial charge is 0.260 e. The van der Waals surface area contributed by atoms with E-state index < -0.39 is 0 Å². The van der Waals surface area contributed by atoms with Crippen LogP contribution in [0, 0.1) is 13.8 Å². The Labute approximate surface area is 184 Å². The number of carbonyl (C=O) groups excluding carboxylic acids is 1. The van der Waals surface area contributed by atoms with Crippen molar-refractivity contribution in [1.29, 1.82) is 0 Å². The molecule has 0 unspecified atom stereocenters. The average molecular weight is 423 g/mol. The highest BCUT2D eigenvalue weighted by atomic mass is 16.2. The van der Waals surface area contributed by atoms with Crippen LogP contribution in [-0.4, -0.2) is 24.8 Å². The predicted octanol–water partition coefficient (Wildman–Crippen LogP) is 3.97. The van der Waals surface area contributed by atoms with Crippen LogP contribution in [0.3, 0.4) is 0 Å². The summed E-state index contributed by atoms with van der Waals surface area (Å²) in [6.07, 6.45) is 1.66. The minimum absolute atomic E-state index is 0.0168. The highest BCUT2D eigenvalue weighted by Gasteiger charge is 2.18. The van der Waals surface area contributed by atoms with Crippen molar-refractivity contribution in [2.45, 2.75) is 20.4 Å². The molecule has 5 aromatic rings. The van der Waals surface area contributed by atoms with Gasteiger partial charge in [-0.15, -0.1) is 0 Å². The van der Waals surface area contributed by atoms with Crippen LogP contribution < -0.4 is 10.9 Å². The number of aromatic nitrogens is 4. The molecule has 3 heterocycles. The number of anilines is 1. The van der Waals surface area contributed by atoms with Crippen LogP contribution in [0.25, 0.3) is 28.2 Å². The van der Waals surface area contributed by atoms with Gasteiger partial charge >= 0.3 is 0 Å². The van der Waals surface area contributed by atoms with Crippen LogP contribution in [0.5, 0.6) is 0 Å². The molecule has 1 amide bonds. The fourth-order valence-corrected chi connectivity index (χ4v) is 4.00. The predicted molar refractivity (Wildman–Crippen MR) is 125 cm³/mol. The number of imidazole rings is 1. The van der Waals surface area contributed by atoms with Crippen molar-refractivity contribution in [2.24, 2.45) is 0 Å². The molecule has 7 heteroatoms. The van der Waals surface area contributed by atoms with Crippen molar-refractivity contribution in [3.63, 3.8) is 0 Å². The van der Waals surface area contributed by atoms with Gasteiger partial charge in [0.25, 0.3) is 5.56 Å². The summed E-state index contributed by atoms with van der Waals surface area (Å²) in [7, 11) is 0. The third-order valence-electron chi connectivity index (χ3n) is 5.53. The first-order chi connectivity index (χ1) is 15.5. The summed E-state index contributed by atoms with van der Waals surface area (Å²) in [6.45, 7) is 3.94. The lowest BCUT2D eigenvalue weighted by Crippen LogP contribution is -2.21. The Kier molecular flexibility index (Phi) is 4.78. The molecule has 0 atom stereocenters. The lowest BCUT2D eigenvalue weighted by Gasteiger charge is -2.12. The number of para-hydroxylation sites is 3. The van der Waals surface area contributed by atoms with Crippen molar-refractivity contribution in [3.05, 3.63) is 94.4 Å². The molecule has 0 aliphatic rings. The van der Waals surface area contributed by atoms with Crippen molar-refractivity contribution >= 4 is 28.4 Å². The van der Waals surface area contributed by atoms with E-state index in [1.54, 1.807) is 16.8 Å². The van der Waals surface area contributed by atoms with Crippen LogP contribution in [-0.2, 0) is 11.3 Å². The van der Waals surface area contributed by atoms with Crippen molar-refractivity contribution in [3.8, 4) is 11.4 Å². The van der Waals surface area contributed by atoms with Gasteiger partial charge in [0.1, 0.15) is 6.54 Å². The second kappa shape index (κ2) is 7.77. The van der Waals surface area contributed by atoms with Gasteiger partial charge in [-0.25, -0.2) is 9.38 Å². The van der Waals surface area contributed by atoms with Gasteiger partial charge in [-0.3, -0.25) is 14.6 Å². The topological polar surface area (TPSA) is 81.3 Å². The number of hydrogen-bond acceptors (Lipinski definition) is 4. The van der Waals surface area contributed by atoms with Gasteiger partial charge < -0.3 is 9.88 Å². The van der Waals surface area contributed by atoms with Gasteiger partial charge in [0, 0.05) is 18.0 Å². The lowest BCUT2D eigenvalue weighted by molar-refractivity contribution is -0.116. The highest BCUT2D eigenvalue weighted by Crippen LogP contribution is 2.22. The third-order valence-corrected chi connectivity index (χ3v) is 5.53. The first kappa shape index (κ1) is 19.7. The van der Waals surface area contributed by atoms with E-state index in [-0.39, 0.29) is 18.0 Å². The maximum atomic E-state index is 13.1. The van der Waals surface area contributed by atoms with Crippen LogP contribution in [0.4, 0.5) is 5.69 Å². The second-order valence-corrected chi connectivity index (χ2v) is 7.72. The normalized spacial score (nSPS) is 11.2. The number of amides is 1. The fourth-order valence-electron chi connectivity index (χ4n) is 4.00. The first-order valence-electron chi connectivity index (χ1n) is 10.3. The first-order valence-corrected chi connectivity index (χ1v) is 10.3. The number of benzene rings is 2. The summed E-state index contributed by atoms with van der Waals surface area (Å²) >= 11 is 0. The number of nitrogens with zero attached hydrogens (tertiary/aromatic N) is 4. The number of pyridine rings is 1. The molecule has 158 valence electrons. The van der Waals surface area contributed by atoms with E-state index in [9.17, 15) is 9.59 Å². The maximum absolute atomic E-state index is 13.1. The molecule has 32 heavy (non-hydrogen) atoms. The molecule has 0 spiro atoms. The van der Waals surface area contributed by atoms with E-state index in [0.717, 1.165) is 22.3 Å². The number of aryl methyl sites for hydroxylation is 2. The Morgan fingerprint density at radius 3 is 2.34 bits per heavy atom. The number of fused-ring (bicyclic) bond motifs is 3. The highest BCUT2D eigenvalue weighted by molar-refractivity contribution is 5.94. The lowest BCUT2D eigenvalue weighted by atomic mass is 10.1. The zero-order valence-electron chi connectivity index (χ0n) is 17.7. The molecule has 2 aromatic carbocycles. The molecule has 0 bridgehead atoms. The summed E-state index contributed by atoms with van der Waals surface area (Å²) in [5.41, 5.74) is 5.09. The van der Waals surface area contributed by atoms with Crippen molar-refractivity contribution in [2.75, 3.05) is 5.32 Å². The van der Waals surface area contributed by atoms with E-state index >= 15 is 0 Å². The van der Waals surface area contributed by atoms with E-state index in [1.165, 1.54) is 10.5 Å². The molecule has 0 saturated heterocycles. The fraction of sp³-hybridized carbons (Fsp3) is 0.120. The molecular weight excluding hydrogens is 402 g/mol. The number of hydrogen-bond donors (Lipinski definition) is 1. The number of carbonyl (C=O) groups is 1. The molecular formula is C25H21N5O2. The zero-order chi connectivity index (χ0) is 22.2. The molecule has 0 aliphatic heterocycles. The molecule has 0 saturated carbocycles. The molecule has 0 fully saturated rings. The monoisotopic (exact) mass is 423 g/mol. The quantitative estimate of drug-likeness (QED) is 0.474. The van der Waals surface area contributed by atoms with Crippen LogP contribution >= 0.6 is 0 Å². The molecule has 0 aliphatic carbocycles. The van der Waals surface area contributed by atoms with Crippen LogP contribution in [0.2, 0.25) is 0 Å². The van der Waals surface area contributed by atoms with Crippen LogP contribution in [0.1, 0.15) is 11.1 Å². The Hall–Kier alpha value is -4.26. The minimum Gasteiger partial charge on any atom is -0.324 e. The summed E-state index contributed by atoms with van der Waals surface area (Å²) in [4.78, 5) is 35.1. The van der Waals surface area contributed by atoms with Gasteiger partial charge in [-0.05, 0) is 49.2 Å². The Balaban J connectivity index is 1.65. The molecule has 0 radical (unpaired) electrons. The van der Waals surface area contributed by atoms with Crippen LogP contribution in [0.15, 0.2) is 77.7 Å². The average Bonchev–Trinajstić information content (AvgIpc) is 3.11. The minimum atomic E-state index is -0.222. The largest absolute Gasteiger partial charge is 0.324 e. The van der Waals surface area contributed by atoms with E-state index in [2.05, 4.69) is 10.3 Å². The maximum Gasteiger partial charge on any atom is 0.260 e. The Morgan fingerprint density at radius 2 is 1.62 bits per heavy atom. The SMILES string of the molecule is Cc1cccc(C)c1NC(=O)Cn1c2ccccc2n2c(=O)cc(-c3ccccn3)nc12. The van der Waals surface area contributed by atoms with Gasteiger partial charge in [0.2, 0.25) is 11.7 Å². The standard InChI is InChI=1S/C25H21N5O2/c1-16-8-7-9-17(2)24(16)28-22(31)15-29-20-11-3-4-12-21(20)30-23(32)14-19(27-25(29)30)18-10-5-6-13-26-18/h3-14H,15H2,1-2H3,(H,28,31). The van der Waals surface area contributed by atoms with Gasteiger partial charge in [0.15, 0.2) is 0 Å². The molecule has 3 aromatic heterocycles. The van der Waals surface area contributed by atoms with Crippen molar-refractivity contribution < 1.29 is 4.79 Å². The van der Waals surface area contributed by atoms with E-state index in [4.69, 9.17) is 4.98 Å². The van der Waals surface area contributed by atoms with Gasteiger partial charge in [0.05, 0.1) is 22.4 Å².